The number of nitrogens with one attached hydrogen (secondary N) is 1. The van der Waals surface area contributed by atoms with Crippen molar-refractivity contribution in [2.45, 2.75) is 26.7 Å². The van der Waals surface area contributed by atoms with E-state index in [4.69, 9.17) is 0 Å². The van der Waals surface area contributed by atoms with E-state index in [9.17, 15) is 4.79 Å². The van der Waals surface area contributed by atoms with Crippen molar-refractivity contribution in [1.82, 2.24) is 4.98 Å². The Morgan fingerprint density at radius 1 is 1.37 bits per heavy atom. The quantitative estimate of drug-likeness (QED) is 0.916. The lowest BCUT2D eigenvalue weighted by atomic mass is 10.1. The lowest BCUT2D eigenvalue weighted by Gasteiger charge is -2.02. The Labute approximate surface area is 125 Å². The number of halogens is 1. The van der Waals surface area contributed by atoms with Crippen LogP contribution in [-0.4, -0.2) is 10.9 Å². The van der Waals surface area contributed by atoms with Crippen LogP contribution in [0.15, 0.2) is 28.7 Å². The number of thiazole rings is 1. The summed E-state index contributed by atoms with van der Waals surface area (Å²) in [7, 11) is 0. The highest BCUT2D eigenvalue weighted by molar-refractivity contribution is 9.10. The van der Waals surface area contributed by atoms with Gasteiger partial charge in [0, 0.05) is 9.35 Å². The monoisotopic (exact) mass is 338 g/mol. The van der Waals surface area contributed by atoms with Gasteiger partial charge >= 0.3 is 0 Å². The molecular formula is C14H15BrN2OS. The number of aryl methyl sites for hydroxylation is 2. The molecule has 0 bridgehead atoms. The number of benzene rings is 1. The van der Waals surface area contributed by atoms with Gasteiger partial charge in [-0.15, -0.1) is 11.3 Å². The molecule has 0 fully saturated rings. The van der Waals surface area contributed by atoms with Crippen LogP contribution in [0.2, 0.25) is 0 Å². The molecule has 100 valence electrons. The minimum Gasteiger partial charge on any atom is -0.302 e. The summed E-state index contributed by atoms with van der Waals surface area (Å²) in [6, 6.07) is 7.75. The highest BCUT2D eigenvalue weighted by Gasteiger charge is 2.09. The van der Waals surface area contributed by atoms with Crippen LogP contribution in [0.5, 0.6) is 0 Å². The SMILES string of the molecule is CCc1nc(NC(=O)Cc2ccc(Br)cc2)sc1C. The molecule has 0 radical (unpaired) electrons. The number of carbonyl (C=O) groups is 1. The molecule has 0 aliphatic heterocycles. The molecule has 0 spiro atoms. The molecule has 0 aliphatic carbocycles. The number of aromatic nitrogens is 1. The van der Waals surface area contributed by atoms with E-state index >= 15 is 0 Å². The van der Waals surface area contributed by atoms with Gasteiger partial charge < -0.3 is 5.32 Å². The average molecular weight is 339 g/mol. The molecule has 5 heteroatoms. The number of nitrogens with zero attached hydrogens (tertiary/aromatic N) is 1. The number of hydrogen-bond acceptors (Lipinski definition) is 3. The third kappa shape index (κ3) is 3.88. The van der Waals surface area contributed by atoms with Gasteiger partial charge in [-0.05, 0) is 31.0 Å². The lowest BCUT2D eigenvalue weighted by Crippen LogP contribution is -2.14. The lowest BCUT2D eigenvalue weighted by molar-refractivity contribution is -0.115. The Hall–Kier alpha value is -1.20. The van der Waals surface area contributed by atoms with E-state index in [-0.39, 0.29) is 5.91 Å². The Kier molecular flexibility index (Phi) is 4.71. The summed E-state index contributed by atoms with van der Waals surface area (Å²) in [4.78, 5) is 17.5. The van der Waals surface area contributed by atoms with E-state index in [2.05, 4.69) is 33.2 Å². The van der Waals surface area contributed by atoms with Crippen LogP contribution in [0.4, 0.5) is 5.13 Å². The van der Waals surface area contributed by atoms with Crippen LogP contribution in [0, 0.1) is 6.92 Å². The zero-order chi connectivity index (χ0) is 13.8. The third-order valence-electron chi connectivity index (χ3n) is 2.75. The van der Waals surface area contributed by atoms with E-state index in [0.29, 0.717) is 11.6 Å². The van der Waals surface area contributed by atoms with Crippen LogP contribution < -0.4 is 5.32 Å². The molecule has 2 rings (SSSR count). The molecule has 1 amide bonds. The van der Waals surface area contributed by atoms with Gasteiger partial charge in [0.2, 0.25) is 5.91 Å². The minimum absolute atomic E-state index is 0.0290. The van der Waals surface area contributed by atoms with Gasteiger partial charge in [0.25, 0.3) is 0 Å². The second-order valence-electron chi connectivity index (χ2n) is 4.23. The molecule has 1 aromatic carbocycles. The predicted octanol–water partition coefficient (Wildman–Crippen LogP) is 3.96. The summed E-state index contributed by atoms with van der Waals surface area (Å²) in [5.41, 5.74) is 2.05. The summed E-state index contributed by atoms with van der Waals surface area (Å²) in [6.45, 7) is 4.09. The van der Waals surface area contributed by atoms with Crippen molar-refractivity contribution >= 4 is 38.3 Å². The van der Waals surface area contributed by atoms with Crippen molar-refractivity contribution in [3.63, 3.8) is 0 Å². The topological polar surface area (TPSA) is 42.0 Å². The first-order valence-corrected chi connectivity index (χ1v) is 7.70. The molecule has 0 aliphatic rings. The molecule has 1 aromatic heterocycles. The highest BCUT2D eigenvalue weighted by atomic mass is 79.9. The second kappa shape index (κ2) is 6.30. The Balaban J connectivity index is 1.99. The van der Waals surface area contributed by atoms with Crippen molar-refractivity contribution in [3.8, 4) is 0 Å². The summed E-state index contributed by atoms with van der Waals surface area (Å²) >= 11 is 4.90. The Morgan fingerprint density at radius 3 is 2.63 bits per heavy atom. The Bertz CT molecular complexity index is 578. The molecule has 0 saturated heterocycles. The summed E-state index contributed by atoms with van der Waals surface area (Å²) < 4.78 is 1.01. The van der Waals surface area contributed by atoms with Gasteiger partial charge in [0.15, 0.2) is 5.13 Å². The molecule has 1 heterocycles. The van der Waals surface area contributed by atoms with E-state index in [1.54, 1.807) is 0 Å². The van der Waals surface area contributed by atoms with Crippen molar-refractivity contribution in [3.05, 3.63) is 44.9 Å². The first-order valence-electron chi connectivity index (χ1n) is 6.09. The largest absolute Gasteiger partial charge is 0.302 e. The van der Waals surface area contributed by atoms with E-state index < -0.39 is 0 Å². The zero-order valence-corrected chi connectivity index (χ0v) is 13.3. The molecule has 1 N–H and O–H groups in total. The van der Waals surface area contributed by atoms with Gasteiger partial charge in [0.05, 0.1) is 12.1 Å². The number of rotatable bonds is 4. The third-order valence-corrected chi connectivity index (χ3v) is 4.21. The molecule has 2 aromatic rings. The summed E-state index contributed by atoms with van der Waals surface area (Å²) in [6.07, 6.45) is 1.26. The van der Waals surface area contributed by atoms with E-state index in [1.807, 2.05) is 31.2 Å². The summed E-state index contributed by atoms with van der Waals surface area (Å²) in [5, 5.41) is 3.55. The number of amides is 1. The molecule has 0 unspecified atom stereocenters. The van der Waals surface area contributed by atoms with Crippen molar-refractivity contribution in [1.29, 1.82) is 0 Å². The maximum Gasteiger partial charge on any atom is 0.230 e. The first kappa shape index (κ1) is 14.2. The fourth-order valence-electron chi connectivity index (χ4n) is 1.76. The average Bonchev–Trinajstić information content (AvgIpc) is 2.72. The van der Waals surface area contributed by atoms with Gasteiger partial charge in [0.1, 0.15) is 0 Å². The summed E-state index contributed by atoms with van der Waals surface area (Å²) in [5.74, 6) is -0.0290. The van der Waals surface area contributed by atoms with Crippen LogP contribution in [-0.2, 0) is 17.6 Å². The molecule has 3 nitrogen and oxygen atoms in total. The van der Waals surface area contributed by atoms with Crippen LogP contribution >= 0.6 is 27.3 Å². The Morgan fingerprint density at radius 2 is 2.05 bits per heavy atom. The maximum absolute atomic E-state index is 11.9. The standard InChI is InChI=1S/C14H15BrN2OS/c1-3-12-9(2)19-14(16-12)17-13(18)8-10-4-6-11(15)7-5-10/h4-7H,3,8H2,1-2H3,(H,16,17,18). The van der Waals surface area contributed by atoms with Gasteiger partial charge in [-0.1, -0.05) is 35.0 Å². The second-order valence-corrected chi connectivity index (χ2v) is 6.35. The van der Waals surface area contributed by atoms with Crippen LogP contribution in [0.1, 0.15) is 23.1 Å². The molecule has 0 atom stereocenters. The number of hydrogen-bond donors (Lipinski definition) is 1. The number of carbonyl (C=O) groups excluding carboxylic acids is 1. The highest BCUT2D eigenvalue weighted by Crippen LogP contribution is 2.22. The van der Waals surface area contributed by atoms with Crippen LogP contribution in [0.3, 0.4) is 0 Å². The van der Waals surface area contributed by atoms with E-state index in [1.165, 1.54) is 16.2 Å². The van der Waals surface area contributed by atoms with Crippen molar-refractivity contribution in [2.24, 2.45) is 0 Å². The maximum atomic E-state index is 11.9. The molecule has 19 heavy (non-hydrogen) atoms. The fraction of sp³-hybridized carbons (Fsp3) is 0.286. The number of anilines is 1. The van der Waals surface area contributed by atoms with Gasteiger partial charge in [-0.2, -0.15) is 0 Å². The first-order chi connectivity index (χ1) is 9.08. The molecule has 0 saturated carbocycles. The minimum atomic E-state index is -0.0290. The smallest absolute Gasteiger partial charge is 0.230 e. The fourth-order valence-corrected chi connectivity index (χ4v) is 2.94. The van der Waals surface area contributed by atoms with E-state index in [0.717, 1.165) is 22.2 Å². The predicted molar refractivity (Wildman–Crippen MR) is 82.7 cm³/mol. The van der Waals surface area contributed by atoms with Crippen molar-refractivity contribution < 1.29 is 4.79 Å². The zero-order valence-electron chi connectivity index (χ0n) is 10.9. The molecular weight excluding hydrogens is 324 g/mol. The van der Waals surface area contributed by atoms with Crippen molar-refractivity contribution in [2.75, 3.05) is 5.32 Å². The van der Waals surface area contributed by atoms with Gasteiger partial charge in [-0.3, -0.25) is 4.79 Å². The normalized spacial score (nSPS) is 10.5. The van der Waals surface area contributed by atoms with Gasteiger partial charge in [-0.25, -0.2) is 4.98 Å². The van der Waals surface area contributed by atoms with Crippen LogP contribution in [0.25, 0.3) is 0 Å².